The van der Waals surface area contributed by atoms with Gasteiger partial charge < -0.3 is 14.5 Å². The van der Waals surface area contributed by atoms with E-state index in [1.54, 1.807) is 4.90 Å². The normalized spacial score (nSPS) is 18.2. The minimum atomic E-state index is 0.000798. The van der Waals surface area contributed by atoms with Crippen LogP contribution in [-0.4, -0.2) is 66.8 Å². The molecular weight excluding hydrogens is 356 g/mol. The molecule has 0 aromatic heterocycles. The van der Waals surface area contributed by atoms with Crippen molar-refractivity contribution >= 4 is 17.6 Å². The first-order valence-electron chi connectivity index (χ1n) is 10.3. The number of carbonyl (C=O) groups excluding carboxylic acids is 3. The van der Waals surface area contributed by atoms with Crippen molar-refractivity contribution in [1.82, 2.24) is 9.80 Å². The van der Waals surface area contributed by atoms with E-state index >= 15 is 0 Å². The van der Waals surface area contributed by atoms with Crippen molar-refractivity contribution in [2.75, 3.05) is 39.4 Å². The minimum Gasteiger partial charge on any atom is -0.378 e. The summed E-state index contributed by atoms with van der Waals surface area (Å²) in [5.74, 6) is 0.214. The molecule has 0 aliphatic carbocycles. The number of piperidine rings is 1. The number of aryl methyl sites for hydroxylation is 1. The van der Waals surface area contributed by atoms with E-state index in [0.29, 0.717) is 57.8 Å². The quantitative estimate of drug-likeness (QED) is 0.704. The van der Waals surface area contributed by atoms with Crippen LogP contribution in [0.5, 0.6) is 0 Å². The molecular formula is C22H30N2O4. The number of hydrogen-bond acceptors (Lipinski definition) is 4. The van der Waals surface area contributed by atoms with Crippen molar-refractivity contribution in [2.45, 2.75) is 39.0 Å². The predicted molar refractivity (Wildman–Crippen MR) is 106 cm³/mol. The van der Waals surface area contributed by atoms with Crippen molar-refractivity contribution in [3.05, 3.63) is 35.4 Å². The third-order valence-electron chi connectivity index (χ3n) is 5.77. The van der Waals surface area contributed by atoms with Crippen LogP contribution in [0.1, 0.15) is 48.5 Å². The van der Waals surface area contributed by atoms with Crippen LogP contribution in [0.25, 0.3) is 0 Å². The number of ketones is 1. The van der Waals surface area contributed by atoms with E-state index in [-0.39, 0.29) is 36.4 Å². The zero-order valence-electron chi connectivity index (χ0n) is 16.7. The summed E-state index contributed by atoms with van der Waals surface area (Å²) in [5.41, 5.74) is 1.86. The Morgan fingerprint density at radius 2 is 1.57 bits per heavy atom. The number of likely N-dealkylation sites (tertiary alicyclic amines) is 1. The molecule has 0 spiro atoms. The maximum atomic E-state index is 12.6. The number of Topliss-reactive ketones (excluding diaryl/α,β-unsaturated/α-hetero) is 1. The third kappa shape index (κ3) is 5.19. The summed E-state index contributed by atoms with van der Waals surface area (Å²) >= 11 is 0. The van der Waals surface area contributed by atoms with Gasteiger partial charge in [0.05, 0.1) is 13.2 Å². The molecule has 3 rings (SSSR count). The van der Waals surface area contributed by atoms with E-state index in [4.69, 9.17) is 4.74 Å². The highest BCUT2D eigenvalue weighted by Gasteiger charge is 2.30. The third-order valence-corrected chi connectivity index (χ3v) is 5.77. The molecule has 2 saturated heterocycles. The van der Waals surface area contributed by atoms with Crippen molar-refractivity contribution in [3.8, 4) is 0 Å². The van der Waals surface area contributed by atoms with Gasteiger partial charge in [0.1, 0.15) is 0 Å². The van der Waals surface area contributed by atoms with Crippen LogP contribution in [0.4, 0.5) is 0 Å². The second kappa shape index (κ2) is 9.82. The zero-order valence-corrected chi connectivity index (χ0v) is 16.7. The molecule has 0 unspecified atom stereocenters. The number of amides is 2. The first-order valence-corrected chi connectivity index (χ1v) is 10.3. The first kappa shape index (κ1) is 20.5. The van der Waals surface area contributed by atoms with Crippen molar-refractivity contribution in [2.24, 2.45) is 5.92 Å². The van der Waals surface area contributed by atoms with E-state index in [1.165, 1.54) is 5.56 Å². The van der Waals surface area contributed by atoms with E-state index < -0.39 is 0 Å². The molecule has 0 N–H and O–H groups in total. The van der Waals surface area contributed by atoms with Crippen LogP contribution < -0.4 is 0 Å². The Bertz CT molecular complexity index is 687. The lowest BCUT2D eigenvalue weighted by atomic mass is 9.94. The molecule has 6 nitrogen and oxygen atoms in total. The molecule has 0 atom stereocenters. The van der Waals surface area contributed by atoms with Gasteiger partial charge in [0, 0.05) is 50.5 Å². The van der Waals surface area contributed by atoms with Gasteiger partial charge in [-0.2, -0.15) is 0 Å². The fourth-order valence-corrected chi connectivity index (χ4v) is 3.87. The van der Waals surface area contributed by atoms with Crippen LogP contribution in [0.15, 0.2) is 24.3 Å². The molecule has 1 aromatic carbocycles. The molecule has 0 bridgehead atoms. The van der Waals surface area contributed by atoms with Crippen molar-refractivity contribution < 1.29 is 19.1 Å². The number of ether oxygens (including phenoxy) is 1. The largest absolute Gasteiger partial charge is 0.378 e. The van der Waals surface area contributed by atoms with Crippen LogP contribution in [-0.2, 0) is 20.7 Å². The number of nitrogens with zero attached hydrogens (tertiary/aromatic N) is 2. The molecule has 0 saturated carbocycles. The monoisotopic (exact) mass is 386 g/mol. The van der Waals surface area contributed by atoms with Gasteiger partial charge in [0.2, 0.25) is 11.8 Å². The SMILES string of the molecule is CCc1ccc(C(=O)CCC(=O)N2CCC(C(=O)N3CCOCC3)CC2)cc1. The summed E-state index contributed by atoms with van der Waals surface area (Å²) in [6.07, 6.45) is 2.81. The van der Waals surface area contributed by atoms with Crippen LogP contribution in [0.3, 0.4) is 0 Å². The number of morpholine rings is 1. The number of benzene rings is 1. The average Bonchev–Trinajstić information content (AvgIpc) is 2.77. The summed E-state index contributed by atoms with van der Waals surface area (Å²) in [4.78, 5) is 41.0. The second-order valence-electron chi connectivity index (χ2n) is 7.57. The Hall–Kier alpha value is -2.21. The molecule has 2 aliphatic heterocycles. The summed E-state index contributed by atoms with van der Waals surface area (Å²) in [6.45, 7) is 5.82. The van der Waals surface area contributed by atoms with Gasteiger partial charge in [0.15, 0.2) is 5.78 Å². The standard InChI is InChI=1S/C22H30N2O4/c1-2-17-3-5-18(6-4-17)20(25)7-8-21(26)23-11-9-19(10-12-23)22(27)24-13-15-28-16-14-24/h3-6,19H,2,7-16H2,1H3. The Morgan fingerprint density at radius 1 is 0.929 bits per heavy atom. The Labute approximate surface area is 166 Å². The van der Waals surface area contributed by atoms with Gasteiger partial charge in [-0.1, -0.05) is 31.2 Å². The number of rotatable bonds is 6. The van der Waals surface area contributed by atoms with Gasteiger partial charge >= 0.3 is 0 Å². The Morgan fingerprint density at radius 3 is 2.18 bits per heavy atom. The number of hydrogen-bond donors (Lipinski definition) is 0. The molecule has 2 heterocycles. The van der Waals surface area contributed by atoms with Crippen LogP contribution >= 0.6 is 0 Å². The Balaban J connectivity index is 1.42. The molecule has 2 aliphatic rings. The van der Waals surface area contributed by atoms with Crippen LogP contribution in [0.2, 0.25) is 0 Å². The topological polar surface area (TPSA) is 66.9 Å². The molecule has 0 radical (unpaired) electrons. The molecule has 28 heavy (non-hydrogen) atoms. The Kier molecular flexibility index (Phi) is 7.20. The zero-order chi connectivity index (χ0) is 19.9. The van der Waals surface area contributed by atoms with Gasteiger partial charge in [-0.15, -0.1) is 0 Å². The van der Waals surface area contributed by atoms with Crippen molar-refractivity contribution in [3.63, 3.8) is 0 Å². The van der Waals surface area contributed by atoms with Gasteiger partial charge in [0.25, 0.3) is 0 Å². The lowest BCUT2D eigenvalue weighted by Gasteiger charge is -2.35. The molecule has 2 fully saturated rings. The minimum absolute atomic E-state index is 0.000798. The fourth-order valence-electron chi connectivity index (χ4n) is 3.87. The average molecular weight is 386 g/mol. The van der Waals surface area contributed by atoms with E-state index in [0.717, 1.165) is 6.42 Å². The van der Waals surface area contributed by atoms with E-state index in [9.17, 15) is 14.4 Å². The summed E-state index contributed by atoms with van der Waals surface area (Å²) < 4.78 is 5.30. The van der Waals surface area contributed by atoms with E-state index in [1.807, 2.05) is 29.2 Å². The molecule has 1 aromatic rings. The lowest BCUT2D eigenvalue weighted by molar-refractivity contribution is -0.143. The molecule has 2 amide bonds. The maximum absolute atomic E-state index is 12.6. The highest BCUT2D eigenvalue weighted by Crippen LogP contribution is 2.21. The van der Waals surface area contributed by atoms with Crippen LogP contribution in [0, 0.1) is 5.92 Å². The fraction of sp³-hybridized carbons (Fsp3) is 0.591. The van der Waals surface area contributed by atoms with Gasteiger partial charge in [-0.3, -0.25) is 14.4 Å². The smallest absolute Gasteiger partial charge is 0.225 e. The molecule has 152 valence electrons. The van der Waals surface area contributed by atoms with Gasteiger partial charge in [-0.25, -0.2) is 0 Å². The van der Waals surface area contributed by atoms with Crippen molar-refractivity contribution in [1.29, 1.82) is 0 Å². The number of carbonyl (C=O) groups is 3. The lowest BCUT2D eigenvalue weighted by Crippen LogP contribution is -2.47. The first-order chi connectivity index (χ1) is 13.6. The highest BCUT2D eigenvalue weighted by molar-refractivity contribution is 5.98. The summed E-state index contributed by atoms with van der Waals surface area (Å²) in [6, 6.07) is 7.61. The summed E-state index contributed by atoms with van der Waals surface area (Å²) in [5, 5.41) is 0. The second-order valence-corrected chi connectivity index (χ2v) is 7.57. The maximum Gasteiger partial charge on any atom is 0.225 e. The predicted octanol–water partition coefficient (Wildman–Crippen LogP) is 2.31. The molecule has 6 heteroatoms. The van der Waals surface area contributed by atoms with E-state index in [2.05, 4.69) is 6.92 Å². The highest BCUT2D eigenvalue weighted by atomic mass is 16.5. The summed E-state index contributed by atoms with van der Waals surface area (Å²) in [7, 11) is 0. The van der Waals surface area contributed by atoms with Gasteiger partial charge in [-0.05, 0) is 24.8 Å².